The minimum Gasteiger partial charge on any atom is -0.378 e. The summed E-state index contributed by atoms with van der Waals surface area (Å²) < 4.78 is 0. The Morgan fingerprint density at radius 1 is 1.00 bits per heavy atom. The molecule has 0 heterocycles. The van der Waals surface area contributed by atoms with Crippen molar-refractivity contribution in [2.75, 3.05) is 5.32 Å². The minimum absolute atomic E-state index is 0.234. The van der Waals surface area contributed by atoms with Gasteiger partial charge >= 0.3 is 0 Å². The second-order valence-electron chi connectivity index (χ2n) is 4.64. The van der Waals surface area contributed by atoms with Gasteiger partial charge in [-0.15, -0.1) is 0 Å². The maximum absolute atomic E-state index is 6.08. The van der Waals surface area contributed by atoms with E-state index in [0.29, 0.717) is 10.0 Å². The molecule has 0 saturated heterocycles. The Morgan fingerprint density at radius 3 is 2.26 bits per heavy atom. The summed E-state index contributed by atoms with van der Waals surface area (Å²) in [5, 5.41) is 4.71. The molecule has 0 radical (unpaired) electrons. The number of rotatable bonds is 4. The third-order valence-electron chi connectivity index (χ3n) is 3.15. The molecule has 0 bridgehead atoms. The van der Waals surface area contributed by atoms with Crippen LogP contribution in [0.5, 0.6) is 0 Å². The molecule has 0 amide bonds. The summed E-state index contributed by atoms with van der Waals surface area (Å²) in [5.74, 6) is 0. The van der Waals surface area contributed by atoms with E-state index in [-0.39, 0.29) is 6.04 Å². The second-order valence-corrected chi connectivity index (χ2v) is 5.46. The van der Waals surface area contributed by atoms with Crippen LogP contribution in [-0.4, -0.2) is 0 Å². The standard InChI is InChI=1S/C16H17Cl2N/c1-3-16(12-6-9-14(17)15(18)10-12)19-13-7-4-11(2)5-8-13/h4-10,16,19H,3H2,1-2H3. The molecule has 2 aromatic carbocycles. The molecule has 0 saturated carbocycles. The predicted molar refractivity (Wildman–Crippen MR) is 84.3 cm³/mol. The molecule has 1 nitrogen and oxygen atoms in total. The lowest BCUT2D eigenvalue weighted by Gasteiger charge is -2.19. The Bertz CT molecular complexity index is 549. The third-order valence-corrected chi connectivity index (χ3v) is 3.89. The molecule has 1 atom stereocenters. The number of benzene rings is 2. The summed E-state index contributed by atoms with van der Waals surface area (Å²) in [6.07, 6.45) is 0.978. The van der Waals surface area contributed by atoms with Crippen molar-refractivity contribution in [2.24, 2.45) is 0 Å². The fourth-order valence-electron chi connectivity index (χ4n) is 2.00. The average Bonchev–Trinajstić information content (AvgIpc) is 2.41. The van der Waals surface area contributed by atoms with Crippen molar-refractivity contribution in [3.05, 3.63) is 63.6 Å². The highest BCUT2D eigenvalue weighted by molar-refractivity contribution is 6.42. The van der Waals surface area contributed by atoms with Crippen molar-refractivity contribution in [1.29, 1.82) is 0 Å². The normalized spacial score (nSPS) is 12.2. The molecule has 19 heavy (non-hydrogen) atoms. The van der Waals surface area contributed by atoms with Crippen LogP contribution in [0.25, 0.3) is 0 Å². The molecule has 0 aliphatic heterocycles. The summed E-state index contributed by atoms with van der Waals surface area (Å²) in [5.41, 5.74) is 3.52. The van der Waals surface area contributed by atoms with Crippen LogP contribution >= 0.6 is 23.2 Å². The van der Waals surface area contributed by atoms with Crippen molar-refractivity contribution in [3.8, 4) is 0 Å². The first-order valence-corrected chi connectivity index (χ1v) is 7.14. The third kappa shape index (κ3) is 3.65. The van der Waals surface area contributed by atoms with Gasteiger partial charge in [-0.05, 0) is 43.2 Å². The molecule has 2 rings (SSSR count). The molecule has 0 aliphatic rings. The molecule has 3 heteroatoms. The van der Waals surface area contributed by atoms with E-state index in [1.54, 1.807) is 0 Å². The maximum Gasteiger partial charge on any atom is 0.0595 e. The second kappa shape index (κ2) is 6.31. The zero-order chi connectivity index (χ0) is 13.8. The van der Waals surface area contributed by atoms with E-state index in [9.17, 15) is 0 Å². The number of hydrogen-bond donors (Lipinski definition) is 1. The summed E-state index contributed by atoms with van der Waals surface area (Å²) in [6, 6.07) is 14.4. The predicted octanol–water partition coefficient (Wildman–Crippen LogP) is 5.87. The van der Waals surface area contributed by atoms with Gasteiger partial charge in [0, 0.05) is 5.69 Å². The number of halogens is 2. The van der Waals surface area contributed by atoms with Crippen LogP contribution < -0.4 is 5.32 Å². The van der Waals surface area contributed by atoms with Crippen LogP contribution in [0.2, 0.25) is 10.0 Å². The number of hydrogen-bond acceptors (Lipinski definition) is 1. The largest absolute Gasteiger partial charge is 0.378 e. The van der Waals surface area contributed by atoms with Gasteiger partial charge in [-0.3, -0.25) is 0 Å². The summed E-state index contributed by atoms with van der Waals surface area (Å²) in [6.45, 7) is 4.23. The topological polar surface area (TPSA) is 12.0 Å². The zero-order valence-corrected chi connectivity index (χ0v) is 12.6. The summed E-state index contributed by atoms with van der Waals surface area (Å²) in [4.78, 5) is 0. The Kier molecular flexibility index (Phi) is 4.73. The lowest BCUT2D eigenvalue weighted by atomic mass is 10.0. The smallest absolute Gasteiger partial charge is 0.0595 e. The van der Waals surface area contributed by atoms with Crippen molar-refractivity contribution >= 4 is 28.9 Å². The SMILES string of the molecule is CCC(Nc1ccc(C)cc1)c1ccc(Cl)c(Cl)c1. The molecular weight excluding hydrogens is 277 g/mol. The van der Waals surface area contributed by atoms with Crippen LogP contribution in [0, 0.1) is 6.92 Å². The number of aryl methyl sites for hydroxylation is 1. The first-order chi connectivity index (χ1) is 9.10. The zero-order valence-electron chi connectivity index (χ0n) is 11.1. The first kappa shape index (κ1) is 14.2. The minimum atomic E-state index is 0.234. The number of anilines is 1. The van der Waals surface area contributed by atoms with Gasteiger partial charge in [-0.25, -0.2) is 0 Å². The number of nitrogens with one attached hydrogen (secondary N) is 1. The van der Waals surface area contributed by atoms with Crippen molar-refractivity contribution in [1.82, 2.24) is 0 Å². The van der Waals surface area contributed by atoms with Gasteiger partial charge in [-0.2, -0.15) is 0 Å². The van der Waals surface area contributed by atoms with Gasteiger partial charge in [0.15, 0.2) is 0 Å². The van der Waals surface area contributed by atoms with Crippen molar-refractivity contribution in [3.63, 3.8) is 0 Å². The van der Waals surface area contributed by atoms with Crippen LogP contribution in [0.1, 0.15) is 30.5 Å². The quantitative estimate of drug-likeness (QED) is 0.744. The fourth-order valence-corrected chi connectivity index (χ4v) is 2.31. The lowest BCUT2D eigenvalue weighted by Crippen LogP contribution is -2.09. The van der Waals surface area contributed by atoms with Gasteiger partial charge in [0.1, 0.15) is 0 Å². The highest BCUT2D eigenvalue weighted by Crippen LogP contribution is 2.29. The van der Waals surface area contributed by atoms with Gasteiger partial charge in [0.2, 0.25) is 0 Å². The van der Waals surface area contributed by atoms with E-state index >= 15 is 0 Å². The van der Waals surface area contributed by atoms with Gasteiger partial charge in [0.25, 0.3) is 0 Å². The maximum atomic E-state index is 6.08. The molecule has 0 fully saturated rings. The first-order valence-electron chi connectivity index (χ1n) is 6.38. The van der Waals surface area contributed by atoms with Gasteiger partial charge in [0.05, 0.1) is 16.1 Å². The monoisotopic (exact) mass is 293 g/mol. The Hall–Kier alpha value is -1.18. The van der Waals surface area contributed by atoms with Gasteiger partial charge in [-0.1, -0.05) is 53.9 Å². The molecule has 0 spiro atoms. The van der Waals surface area contributed by atoms with Crippen LogP contribution in [0.15, 0.2) is 42.5 Å². The Balaban J connectivity index is 2.19. The molecule has 0 aromatic heterocycles. The van der Waals surface area contributed by atoms with Crippen molar-refractivity contribution < 1.29 is 0 Å². The molecule has 0 aliphatic carbocycles. The van der Waals surface area contributed by atoms with Gasteiger partial charge < -0.3 is 5.32 Å². The lowest BCUT2D eigenvalue weighted by molar-refractivity contribution is 0.749. The van der Waals surface area contributed by atoms with Crippen LogP contribution in [0.3, 0.4) is 0 Å². The van der Waals surface area contributed by atoms with E-state index in [1.807, 2.05) is 18.2 Å². The molecule has 1 unspecified atom stereocenters. The summed E-state index contributed by atoms with van der Waals surface area (Å²) in [7, 11) is 0. The van der Waals surface area contributed by atoms with E-state index < -0.39 is 0 Å². The Labute approximate surface area is 124 Å². The highest BCUT2D eigenvalue weighted by atomic mass is 35.5. The Morgan fingerprint density at radius 2 is 1.68 bits per heavy atom. The molecule has 2 aromatic rings. The van der Waals surface area contributed by atoms with Crippen molar-refractivity contribution in [2.45, 2.75) is 26.3 Å². The van der Waals surface area contributed by atoms with Crippen LogP contribution in [-0.2, 0) is 0 Å². The van der Waals surface area contributed by atoms with E-state index in [1.165, 1.54) is 5.56 Å². The fraction of sp³-hybridized carbons (Fsp3) is 0.250. The average molecular weight is 294 g/mol. The molecular formula is C16H17Cl2N. The molecule has 100 valence electrons. The van der Waals surface area contributed by atoms with E-state index in [0.717, 1.165) is 17.7 Å². The summed E-state index contributed by atoms with van der Waals surface area (Å²) >= 11 is 12.0. The van der Waals surface area contributed by atoms with Crippen LogP contribution in [0.4, 0.5) is 5.69 Å². The van der Waals surface area contributed by atoms with E-state index in [4.69, 9.17) is 23.2 Å². The van der Waals surface area contributed by atoms with E-state index in [2.05, 4.69) is 43.4 Å². The molecule has 1 N–H and O–H groups in total. The highest BCUT2D eigenvalue weighted by Gasteiger charge is 2.10.